The van der Waals surface area contributed by atoms with E-state index in [2.05, 4.69) is 52.5 Å². The van der Waals surface area contributed by atoms with Gasteiger partial charge in [-0.05, 0) is 68.7 Å². The molecule has 4 heteroatoms. The van der Waals surface area contributed by atoms with E-state index in [9.17, 15) is 4.79 Å². The fourth-order valence-electron chi connectivity index (χ4n) is 5.52. The largest absolute Gasteiger partial charge is 0.351 e. The van der Waals surface area contributed by atoms with Gasteiger partial charge in [-0.1, -0.05) is 42.5 Å². The lowest BCUT2D eigenvalue weighted by Gasteiger charge is -2.38. The van der Waals surface area contributed by atoms with Crippen molar-refractivity contribution in [1.82, 2.24) is 15.2 Å². The first-order chi connectivity index (χ1) is 14.7. The van der Waals surface area contributed by atoms with Crippen molar-refractivity contribution in [2.75, 3.05) is 6.54 Å². The van der Waals surface area contributed by atoms with Crippen molar-refractivity contribution in [1.29, 1.82) is 0 Å². The molecule has 0 saturated heterocycles. The molecular formula is C26H31N3O. The summed E-state index contributed by atoms with van der Waals surface area (Å²) in [7, 11) is 0. The number of nitrogens with zero attached hydrogens (tertiary/aromatic N) is 1. The number of hydrogen-bond acceptors (Lipinski definition) is 2. The van der Waals surface area contributed by atoms with Gasteiger partial charge in [0.15, 0.2) is 0 Å². The molecule has 1 fully saturated rings. The third-order valence-electron chi connectivity index (χ3n) is 7.02. The zero-order valence-electron chi connectivity index (χ0n) is 17.7. The molecule has 3 atom stereocenters. The monoisotopic (exact) mass is 401 g/mol. The molecule has 156 valence electrons. The van der Waals surface area contributed by atoms with Crippen LogP contribution >= 0.6 is 0 Å². The van der Waals surface area contributed by atoms with E-state index in [1.54, 1.807) is 0 Å². The summed E-state index contributed by atoms with van der Waals surface area (Å²) in [5, 5.41) is 5.03. The van der Waals surface area contributed by atoms with Crippen molar-refractivity contribution in [2.24, 2.45) is 0 Å². The smallest absolute Gasteiger partial charge is 0.270 e. The Morgan fingerprint density at radius 1 is 1.10 bits per heavy atom. The average Bonchev–Trinajstić information content (AvgIpc) is 3.39. The fraction of sp³-hybridized carbons (Fsp3) is 0.423. The van der Waals surface area contributed by atoms with Crippen LogP contribution in [0.2, 0.25) is 0 Å². The number of aromatic amines is 1. The van der Waals surface area contributed by atoms with Crippen LogP contribution in [0.1, 0.15) is 66.7 Å². The Kier molecular flexibility index (Phi) is 5.34. The second kappa shape index (κ2) is 8.27. The maximum Gasteiger partial charge on any atom is 0.270 e. The summed E-state index contributed by atoms with van der Waals surface area (Å²) >= 11 is 0. The first-order valence-electron chi connectivity index (χ1n) is 11.5. The lowest BCUT2D eigenvalue weighted by Crippen LogP contribution is -2.47. The van der Waals surface area contributed by atoms with Crippen LogP contribution in [0.3, 0.4) is 0 Å². The van der Waals surface area contributed by atoms with Gasteiger partial charge in [0, 0.05) is 35.6 Å². The molecule has 2 aromatic carbocycles. The molecule has 0 radical (unpaired) electrons. The van der Waals surface area contributed by atoms with Crippen molar-refractivity contribution in [3.05, 3.63) is 71.4 Å². The third kappa shape index (κ3) is 3.65. The van der Waals surface area contributed by atoms with Crippen LogP contribution in [0.25, 0.3) is 10.9 Å². The number of aromatic nitrogens is 1. The fourth-order valence-corrected chi connectivity index (χ4v) is 5.52. The van der Waals surface area contributed by atoms with Crippen LogP contribution in [-0.2, 0) is 6.42 Å². The molecule has 0 spiro atoms. The molecular weight excluding hydrogens is 370 g/mol. The summed E-state index contributed by atoms with van der Waals surface area (Å²) in [4.78, 5) is 18.7. The number of fused-ring (bicyclic) bond motifs is 2. The first-order valence-corrected chi connectivity index (χ1v) is 11.5. The first kappa shape index (κ1) is 19.4. The molecule has 1 aromatic heterocycles. The molecule has 4 nitrogen and oxygen atoms in total. The topological polar surface area (TPSA) is 48.1 Å². The van der Waals surface area contributed by atoms with Crippen molar-refractivity contribution < 1.29 is 4.79 Å². The van der Waals surface area contributed by atoms with Gasteiger partial charge in [-0.2, -0.15) is 0 Å². The van der Waals surface area contributed by atoms with Crippen molar-refractivity contribution in [3.63, 3.8) is 0 Å². The van der Waals surface area contributed by atoms with Gasteiger partial charge < -0.3 is 15.2 Å². The number of rotatable bonds is 5. The van der Waals surface area contributed by atoms with Crippen molar-refractivity contribution in [2.45, 2.75) is 63.6 Å². The molecule has 30 heavy (non-hydrogen) atoms. The summed E-state index contributed by atoms with van der Waals surface area (Å²) in [6.07, 6.45) is 6.87. The number of H-pyrrole nitrogens is 1. The van der Waals surface area contributed by atoms with E-state index in [4.69, 9.17) is 0 Å². The lowest BCUT2D eigenvalue weighted by atomic mass is 9.89. The maximum atomic E-state index is 13.3. The highest BCUT2D eigenvalue weighted by Gasteiger charge is 2.32. The summed E-state index contributed by atoms with van der Waals surface area (Å²) in [5.74, 6) is 0.130. The predicted molar refractivity (Wildman–Crippen MR) is 122 cm³/mol. The van der Waals surface area contributed by atoms with Crippen LogP contribution in [0.4, 0.5) is 0 Å². The van der Waals surface area contributed by atoms with Crippen molar-refractivity contribution >= 4 is 16.8 Å². The standard InChI is InChI=1S/C26H31N3O/c1-2-29(26(30)25-16-19-9-4-6-13-23(19)28-25)21-11-7-10-20(17-21)27-24-15-14-18-8-3-5-12-22(18)24/h3-6,8-9,12-13,16,20-21,24,27-28H,2,7,10-11,14-15,17H2,1H3/t20?,21-,24-/m1/s1. The minimum absolute atomic E-state index is 0.130. The Morgan fingerprint density at radius 3 is 2.80 bits per heavy atom. The zero-order chi connectivity index (χ0) is 20.5. The molecule has 5 rings (SSSR count). The summed E-state index contributed by atoms with van der Waals surface area (Å²) < 4.78 is 0. The average molecular weight is 402 g/mol. The third-order valence-corrected chi connectivity index (χ3v) is 7.02. The van der Waals surface area contributed by atoms with E-state index in [0.29, 0.717) is 23.8 Å². The normalized spacial score (nSPS) is 23.4. The van der Waals surface area contributed by atoms with Crippen LogP contribution in [-0.4, -0.2) is 34.4 Å². The maximum absolute atomic E-state index is 13.3. The molecule has 0 bridgehead atoms. The summed E-state index contributed by atoms with van der Waals surface area (Å²) in [6, 6.07) is 20.2. The Morgan fingerprint density at radius 2 is 1.93 bits per heavy atom. The minimum atomic E-state index is 0.130. The summed E-state index contributed by atoms with van der Waals surface area (Å²) in [6.45, 7) is 2.85. The molecule has 1 heterocycles. The molecule has 1 unspecified atom stereocenters. The highest BCUT2D eigenvalue weighted by molar-refractivity contribution is 5.98. The van der Waals surface area contributed by atoms with E-state index >= 15 is 0 Å². The van der Waals surface area contributed by atoms with Gasteiger partial charge in [0.05, 0.1) is 0 Å². The van der Waals surface area contributed by atoms with Gasteiger partial charge in [-0.3, -0.25) is 4.79 Å². The number of carbonyl (C=O) groups excluding carboxylic acids is 1. The van der Waals surface area contributed by atoms with Gasteiger partial charge in [-0.25, -0.2) is 0 Å². The summed E-state index contributed by atoms with van der Waals surface area (Å²) in [5.41, 5.74) is 4.70. The number of para-hydroxylation sites is 1. The van der Waals surface area contributed by atoms with Gasteiger partial charge in [0.2, 0.25) is 0 Å². The van der Waals surface area contributed by atoms with E-state index in [-0.39, 0.29) is 5.91 Å². The molecule has 2 aliphatic rings. The SMILES string of the molecule is CCN(C(=O)c1cc2ccccc2[nH]1)[C@@H]1CCCC(N[C@@H]2CCc3ccccc32)C1. The van der Waals surface area contributed by atoms with E-state index in [0.717, 1.165) is 30.3 Å². The van der Waals surface area contributed by atoms with E-state index in [1.807, 2.05) is 24.3 Å². The second-order valence-corrected chi connectivity index (χ2v) is 8.84. The lowest BCUT2D eigenvalue weighted by molar-refractivity contribution is 0.0620. The Labute approximate surface area is 178 Å². The Hall–Kier alpha value is -2.59. The Bertz CT molecular complexity index is 1010. The van der Waals surface area contributed by atoms with Crippen molar-refractivity contribution in [3.8, 4) is 0 Å². The number of nitrogens with one attached hydrogen (secondary N) is 2. The molecule has 1 saturated carbocycles. The number of aryl methyl sites for hydroxylation is 1. The Balaban J connectivity index is 1.29. The molecule has 2 aliphatic carbocycles. The minimum Gasteiger partial charge on any atom is -0.351 e. The highest BCUT2D eigenvalue weighted by atomic mass is 16.2. The van der Waals surface area contributed by atoms with Gasteiger partial charge >= 0.3 is 0 Å². The highest BCUT2D eigenvalue weighted by Crippen LogP contribution is 2.33. The number of benzene rings is 2. The van der Waals surface area contributed by atoms with Crippen LogP contribution in [0, 0.1) is 0 Å². The number of hydrogen-bond donors (Lipinski definition) is 2. The van der Waals surface area contributed by atoms with Crippen LogP contribution in [0.15, 0.2) is 54.6 Å². The zero-order valence-corrected chi connectivity index (χ0v) is 17.7. The van der Waals surface area contributed by atoms with Crippen LogP contribution in [0.5, 0.6) is 0 Å². The van der Waals surface area contributed by atoms with Gasteiger partial charge in [-0.15, -0.1) is 0 Å². The van der Waals surface area contributed by atoms with E-state index < -0.39 is 0 Å². The van der Waals surface area contributed by atoms with Crippen LogP contribution < -0.4 is 5.32 Å². The molecule has 3 aromatic rings. The van der Waals surface area contributed by atoms with E-state index in [1.165, 1.54) is 36.8 Å². The predicted octanol–water partition coefficient (Wildman–Crippen LogP) is 5.22. The quantitative estimate of drug-likeness (QED) is 0.616. The molecule has 2 N–H and O–H groups in total. The molecule has 1 amide bonds. The van der Waals surface area contributed by atoms with Gasteiger partial charge in [0.1, 0.15) is 5.69 Å². The number of amides is 1. The number of carbonyl (C=O) groups is 1. The second-order valence-electron chi connectivity index (χ2n) is 8.84. The van der Waals surface area contributed by atoms with Gasteiger partial charge in [0.25, 0.3) is 5.91 Å². The molecule has 0 aliphatic heterocycles.